The SMILES string of the molecule is CC(C)[C@@H](NC(=O)Nc1ccccc1)C(=O)OCC(=O)N[C@H](C)c1cccs1. The molecule has 0 unspecified atom stereocenters. The van der Waals surface area contributed by atoms with Gasteiger partial charge in [-0.1, -0.05) is 38.1 Å². The highest BCUT2D eigenvalue weighted by atomic mass is 32.1. The second kappa shape index (κ2) is 10.5. The highest BCUT2D eigenvalue weighted by molar-refractivity contribution is 7.10. The standard InChI is InChI=1S/C20H25N3O4S/c1-13(2)18(23-20(26)22-15-8-5-4-6-9-15)19(25)27-12-17(24)21-14(3)16-10-7-11-28-16/h4-11,13-14,18H,12H2,1-3H3,(H,21,24)(H2,22,23,26)/t14-,18-/m1/s1. The van der Waals surface area contributed by atoms with Gasteiger partial charge in [0.25, 0.3) is 5.91 Å². The maximum atomic E-state index is 12.3. The van der Waals surface area contributed by atoms with Crippen LogP contribution >= 0.6 is 11.3 Å². The van der Waals surface area contributed by atoms with Gasteiger partial charge in [0.1, 0.15) is 6.04 Å². The molecule has 3 amide bonds. The molecule has 8 heteroatoms. The van der Waals surface area contributed by atoms with E-state index in [-0.39, 0.29) is 12.0 Å². The van der Waals surface area contributed by atoms with Crippen molar-refractivity contribution < 1.29 is 19.1 Å². The summed E-state index contributed by atoms with van der Waals surface area (Å²) in [5, 5.41) is 9.95. The largest absolute Gasteiger partial charge is 0.454 e. The molecule has 2 aromatic rings. The van der Waals surface area contributed by atoms with Crippen molar-refractivity contribution in [2.24, 2.45) is 5.92 Å². The molecule has 28 heavy (non-hydrogen) atoms. The lowest BCUT2D eigenvalue weighted by Crippen LogP contribution is -2.47. The van der Waals surface area contributed by atoms with E-state index in [0.717, 1.165) is 4.88 Å². The van der Waals surface area contributed by atoms with E-state index >= 15 is 0 Å². The van der Waals surface area contributed by atoms with Gasteiger partial charge in [-0.05, 0) is 36.4 Å². The Labute approximate surface area is 168 Å². The Kier molecular flexibility index (Phi) is 8.01. The molecule has 7 nitrogen and oxygen atoms in total. The molecule has 0 aliphatic heterocycles. The summed E-state index contributed by atoms with van der Waals surface area (Å²) >= 11 is 1.54. The average Bonchev–Trinajstić information content (AvgIpc) is 3.19. The molecule has 0 saturated carbocycles. The third-order valence-corrected chi connectivity index (χ3v) is 4.99. The van der Waals surface area contributed by atoms with Crippen molar-refractivity contribution in [3.8, 4) is 0 Å². The Balaban J connectivity index is 1.83. The lowest BCUT2D eigenvalue weighted by molar-refractivity contribution is -0.151. The number of carbonyl (C=O) groups is 3. The molecular formula is C20H25N3O4S. The maximum absolute atomic E-state index is 12.3. The zero-order valence-corrected chi connectivity index (χ0v) is 16.9. The van der Waals surface area contributed by atoms with Crippen LogP contribution in [0.4, 0.5) is 10.5 Å². The molecule has 3 N–H and O–H groups in total. The van der Waals surface area contributed by atoms with Crippen LogP contribution in [0, 0.1) is 5.92 Å². The quantitative estimate of drug-likeness (QED) is 0.589. The van der Waals surface area contributed by atoms with Gasteiger partial charge in [0, 0.05) is 10.6 Å². The summed E-state index contributed by atoms with van der Waals surface area (Å²) in [6, 6.07) is 11.2. The smallest absolute Gasteiger partial charge is 0.329 e. The number of para-hydroxylation sites is 1. The summed E-state index contributed by atoms with van der Waals surface area (Å²) in [5.74, 6) is -1.26. The van der Waals surface area contributed by atoms with Crippen LogP contribution in [-0.4, -0.2) is 30.6 Å². The van der Waals surface area contributed by atoms with Crippen molar-refractivity contribution in [2.75, 3.05) is 11.9 Å². The number of urea groups is 1. The second-order valence-electron chi connectivity index (χ2n) is 6.60. The van der Waals surface area contributed by atoms with Gasteiger partial charge >= 0.3 is 12.0 Å². The van der Waals surface area contributed by atoms with Crippen LogP contribution in [-0.2, 0) is 14.3 Å². The second-order valence-corrected chi connectivity index (χ2v) is 7.58. The zero-order chi connectivity index (χ0) is 20.5. The van der Waals surface area contributed by atoms with E-state index in [2.05, 4.69) is 16.0 Å². The molecular weight excluding hydrogens is 378 g/mol. The normalized spacial score (nSPS) is 12.7. The summed E-state index contributed by atoms with van der Waals surface area (Å²) in [4.78, 5) is 37.5. The highest BCUT2D eigenvalue weighted by Gasteiger charge is 2.26. The predicted molar refractivity (Wildman–Crippen MR) is 109 cm³/mol. The minimum absolute atomic E-state index is 0.165. The van der Waals surface area contributed by atoms with Crippen molar-refractivity contribution in [3.63, 3.8) is 0 Å². The Morgan fingerprint density at radius 2 is 1.71 bits per heavy atom. The van der Waals surface area contributed by atoms with Crippen molar-refractivity contribution in [3.05, 3.63) is 52.7 Å². The predicted octanol–water partition coefficient (Wildman–Crippen LogP) is 3.31. The van der Waals surface area contributed by atoms with E-state index in [4.69, 9.17) is 4.74 Å². The fourth-order valence-corrected chi connectivity index (χ4v) is 3.18. The number of nitrogens with one attached hydrogen (secondary N) is 3. The summed E-state index contributed by atoms with van der Waals surface area (Å²) < 4.78 is 5.11. The van der Waals surface area contributed by atoms with Gasteiger partial charge in [0.05, 0.1) is 6.04 Å². The van der Waals surface area contributed by atoms with E-state index in [1.807, 2.05) is 30.5 Å². The lowest BCUT2D eigenvalue weighted by Gasteiger charge is -2.21. The number of ether oxygens (including phenoxy) is 1. The van der Waals surface area contributed by atoms with Crippen LogP contribution in [0.3, 0.4) is 0 Å². The van der Waals surface area contributed by atoms with E-state index in [1.165, 1.54) is 11.3 Å². The van der Waals surface area contributed by atoms with Crippen molar-refractivity contribution in [1.82, 2.24) is 10.6 Å². The average molecular weight is 404 g/mol. The first-order chi connectivity index (χ1) is 13.4. The highest BCUT2D eigenvalue weighted by Crippen LogP contribution is 2.17. The Hall–Kier alpha value is -2.87. The van der Waals surface area contributed by atoms with Crippen molar-refractivity contribution in [1.29, 1.82) is 0 Å². The van der Waals surface area contributed by atoms with Crippen LogP contribution in [0.1, 0.15) is 31.7 Å². The molecule has 0 saturated heterocycles. The fourth-order valence-electron chi connectivity index (χ4n) is 2.45. The lowest BCUT2D eigenvalue weighted by atomic mass is 10.1. The monoisotopic (exact) mass is 403 g/mol. The van der Waals surface area contributed by atoms with E-state index < -0.39 is 30.6 Å². The van der Waals surface area contributed by atoms with Crippen LogP contribution < -0.4 is 16.0 Å². The molecule has 1 aromatic carbocycles. The Bertz CT molecular complexity index is 778. The molecule has 0 fully saturated rings. The number of hydrogen-bond acceptors (Lipinski definition) is 5. The number of benzene rings is 1. The number of rotatable bonds is 8. The molecule has 0 bridgehead atoms. The first kappa shape index (κ1) is 21.4. The molecule has 150 valence electrons. The van der Waals surface area contributed by atoms with Gasteiger partial charge in [0.15, 0.2) is 6.61 Å². The van der Waals surface area contributed by atoms with Crippen molar-refractivity contribution >= 4 is 34.9 Å². The fraction of sp³-hybridized carbons (Fsp3) is 0.350. The minimum atomic E-state index is -0.869. The van der Waals surface area contributed by atoms with Gasteiger partial charge in [-0.25, -0.2) is 9.59 Å². The molecule has 1 aromatic heterocycles. The Morgan fingerprint density at radius 3 is 2.32 bits per heavy atom. The zero-order valence-electron chi connectivity index (χ0n) is 16.1. The summed E-state index contributed by atoms with van der Waals surface area (Å²) in [7, 11) is 0. The molecule has 0 spiro atoms. The van der Waals surface area contributed by atoms with E-state index in [0.29, 0.717) is 5.69 Å². The maximum Gasteiger partial charge on any atom is 0.329 e. The molecule has 0 aliphatic carbocycles. The van der Waals surface area contributed by atoms with Crippen LogP contribution in [0.5, 0.6) is 0 Å². The third-order valence-electron chi connectivity index (χ3n) is 3.93. The molecule has 2 atom stereocenters. The summed E-state index contributed by atoms with van der Waals surface area (Å²) in [6.45, 7) is 5.03. The van der Waals surface area contributed by atoms with Crippen LogP contribution in [0.25, 0.3) is 0 Å². The molecule has 1 heterocycles. The van der Waals surface area contributed by atoms with Crippen LogP contribution in [0.15, 0.2) is 47.8 Å². The first-order valence-electron chi connectivity index (χ1n) is 8.98. The van der Waals surface area contributed by atoms with E-state index in [9.17, 15) is 14.4 Å². The van der Waals surface area contributed by atoms with Gasteiger partial charge < -0.3 is 20.7 Å². The van der Waals surface area contributed by atoms with E-state index in [1.54, 1.807) is 38.1 Å². The third kappa shape index (κ3) is 6.70. The number of amides is 3. The van der Waals surface area contributed by atoms with Gasteiger partial charge in [0.2, 0.25) is 0 Å². The van der Waals surface area contributed by atoms with Gasteiger partial charge in [-0.15, -0.1) is 11.3 Å². The Morgan fingerprint density at radius 1 is 1.00 bits per heavy atom. The molecule has 2 rings (SSSR count). The van der Waals surface area contributed by atoms with Crippen LogP contribution in [0.2, 0.25) is 0 Å². The molecule has 0 aliphatic rings. The minimum Gasteiger partial charge on any atom is -0.454 e. The number of carbonyl (C=O) groups excluding carboxylic acids is 3. The number of thiophene rings is 1. The first-order valence-corrected chi connectivity index (χ1v) is 9.86. The number of esters is 1. The molecule has 0 radical (unpaired) electrons. The topological polar surface area (TPSA) is 96.5 Å². The number of anilines is 1. The summed E-state index contributed by atoms with van der Waals surface area (Å²) in [6.07, 6.45) is 0. The van der Waals surface area contributed by atoms with Gasteiger partial charge in [-0.2, -0.15) is 0 Å². The number of hydrogen-bond donors (Lipinski definition) is 3. The van der Waals surface area contributed by atoms with Gasteiger partial charge in [-0.3, -0.25) is 4.79 Å². The summed E-state index contributed by atoms with van der Waals surface area (Å²) in [5.41, 5.74) is 0.609. The van der Waals surface area contributed by atoms with Crippen molar-refractivity contribution in [2.45, 2.75) is 32.9 Å².